The van der Waals surface area contributed by atoms with Crippen LogP contribution in [-0.2, 0) is 14.3 Å². The van der Waals surface area contributed by atoms with Gasteiger partial charge in [0, 0.05) is 13.7 Å². The molecule has 1 saturated carbocycles. The van der Waals surface area contributed by atoms with E-state index in [4.69, 9.17) is 9.47 Å². The molecule has 0 amide bonds. The molecule has 1 saturated heterocycles. The Kier molecular flexibility index (Phi) is 3.46. The second-order valence-electron chi connectivity index (χ2n) is 5.38. The topological polar surface area (TPSA) is 51.7 Å². The number of ether oxygens (including phenoxy) is 2. The second kappa shape index (κ2) is 5.00. The Labute approximate surface area is 126 Å². The van der Waals surface area contributed by atoms with E-state index in [1.54, 1.807) is 7.11 Å². The molecule has 1 aromatic heterocycles. The molecule has 5 nitrogen and oxygen atoms in total. The zero-order valence-electron chi connectivity index (χ0n) is 11.5. The van der Waals surface area contributed by atoms with Gasteiger partial charge in [-0.3, -0.25) is 4.79 Å². The summed E-state index contributed by atoms with van der Waals surface area (Å²) in [5.41, 5.74) is -0.408. The Morgan fingerprint density at radius 2 is 2.35 bits per heavy atom. The first-order valence-corrected chi connectivity index (χ1v) is 7.39. The number of pyridine rings is 1. The average Bonchev–Trinajstić information content (AvgIpc) is 3.09. The molecule has 3 rings (SSSR count). The van der Waals surface area contributed by atoms with Crippen LogP contribution in [-0.4, -0.2) is 44.4 Å². The number of nitrogens with zero attached hydrogens (tertiary/aromatic N) is 2. The summed E-state index contributed by atoms with van der Waals surface area (Å²) in [6.45, 7) is 1.33. The predicted molar refractivity (Wildman–Crippen MR) is 77.5 cm³/mol. The molecular weight excluding hydrogens is 324 g/mol. The van der Waals surface area contributed by atoms with Crippen LogP contribution in [0.2, 0.25) is 0 Å². The third kappa shape index (κ3) is 1.93. The molecule has 2 fully saturated rings. The van der Waals surface area contributed by atoms with E-state index in [0.29, 0.717) is 12.5 Å². The van der Waals surface area contributed by atoms with Crippen LogP contribution in [0, 0.1) is 11.3 Å². The maximum absolute atomic E-state index is 12.2. The van der Waals surface area contributed by atoms with E-state index in [0.717, 1.165) is 23.4 Å². The fraction of sp³-hybridized carbons (Fsp3) is 0.571. The smallest absolute Gasteiger partial charge is 0.314 e. The number of piperidine rings is 1. The minimum atomic E-state index is -0.408. The summed E-state index contributed by atoms with van der Waals surface area (Å²) >= 11 is 3.39. The molecule has 3 atom stereocenters. The number of carbonyl (C=O) groups is 1. The highest BCUT2D eigenvalue weighted by molar-refractivity contribution is 9.10. The number of esters is 1. The van der Waals surface area contributed by atoms with Gasteiger partial charge >= 0.3 is 5.97 Å². The minimum absolute atomic E-state index is 0.00764. The van der Waals surface area contributed by atoms with Gasteiger partial charge in [0.15, 0.2) is 0 Å². The van der Waals surface area contributed by atoms with Crippen molar-refractivity contribution in [2.75, 3.05) is 32.3 Å². The molecule has 108 valence electrons. The zero-order chi connectivity index (χ0) is 14.3. The molecule has 0 spiro atoms. The van der Waals surface area contributed by atoms with Crippen molar-refractivity contribution in [3.05, 3.63) is 22.8 Å². The van der Waals surface area contributed by atoms with E-state index < -0.39 is 5.41 Å². The molecule has 0 bridgehead atoms. The van der Waals surface area contributed by atoms with Crippen LogP contribution in [0.25, 0.3) is 0 Å². The monoisotopic (exact) mass is 340 g/mol. The van der Waals surface area contributed by atoms with E-state index in [9.17, 15) is 4.79 Å². The highest BCUT2D eigenvalue weighted by Crippen LogP contribution is 2.62. The van der Waals surface area contributed by atoms with E-state index in [1.165, 1.54) is 7.11 Å². The van der Waals surface area contributed by atoms with Crippen LogP contribution < -0.4 is 4.90 Å². The van der Waals surface area contributed by atoms with Gasteiger partial charge in [0.05, 0.1) is 25.2 Å². The SMILES string of the molecule is COC[C@@H]1N(c2cccc(Br)n2)C[C@@H]2C[C@@]21C(=O)OC. The number of rotatable bonds is 4. The van der Waals surface area contributed by atoms with Crippen LogP contribution in [0.4, 0.5) is 5.82 Å². The molecular formula is C14H17BrN2O3. The number of hydrogen-bond donors (Lipinski definition) is 0. The summed E-state index contributed by atoms with van der Waals surface area (Å²) in [6.07, 6.45) is 0.887. The lowest BCUT2D eigenvalue weighted by Gasteiger charge is -2.31. The Hall–Kier alpha value is -1.14. The molecule has 0 N–H and O–H groups in total. The Morgan fingerprint density at radius 3 is 3.00 bits per heavy atom. The van der Waals surface area contributed by atoms with Crippen LogP contribution >= 0.6 is 15.9 Å². The maximum Gasteiger partial charge on any atom is 0.314 e. The molecule has 1 aliphatic heterocycles. The standard InChI is InChI=1S/C14H17BrN2O3/c1-19-8-10-14(13(18)20-2)6-9(14)7-17(10)12-5-3-4-11(15)16-12/h3-5,9-10H,6-8H2,1-2H3/t9-,10-,14+/m0/s1. The van der Waals surface area contributed by atoms with Gasteiger partial charge in [0.2, 0.25) is 0 Å². The van der Waals surface area contributed by atoms with Crippen LogP contribution in [0.1, 0.15) is 6.42 Å². The minimum Gasteiger partial charge on any atom is -0.469 e. The first-order chi connectivity index (χ1) is 9.63. The van der Waals surface area contributed by atoms with Gasteiger partial charge in [-0.1, -0.05) is 6.07 Å². The average molecular weight is 341 g/mol. The Bertz CT molecular complexity index is 539. The van der Waals surface area contributed by atoms with E-state index in [-0.39, 0.29) is 12.0 Å². The molecule has 0 unspecified atom stereocenters. The number of anilines is 1. The number of hydrogen-bond acceptors (Lipinski definition) is 5. The van der Waals surface area contributed by atoms with Crippen LogP contribution in [0.15, 0.2) is 22.8 Å². The van der Waals surface area contributed by atoms with Gasteiger partial charge in [0.25, 0.3) is 0 Å². The van der Waals surface area contributed by atoms with Crippen LogP contribution in [0.5, 0.6) is 0 Å². The maximum atomic E-state index is 12.2. The van der Waals surface area contributed by atoms with Crippen molar-refractivity contribution in [3.63, 3.8) is 0 Å². The Balaban J connectivity index is 1.92. The molecule has 20 heavy (non-hydrogen) atoms. The van der Waals surface area contributed by atoms with Crippen molar-refractivity contribution in [1.82, 2.24) is 4.98 Å². The number of fused-ring (bicyclic) bond motifs is 1. The first-order valence-electron chi connectivity index (χ1n) is 6.60. The van der Waals surface area contributed by atoms with Gasteiger partial charge < -0.3 is 14.4 Å². The summed E-state index contributed by atoms with van der Waals surface area (Å²) in [5, 5.41) is 0. The van der Waals surface area contributed by atoms with E-state index in [1.807, 2.05) is 18.2 Å². The molecule has 2 heterocycles. The van der Waals surface area contributed by atoms with Gasteiger partial charge in [0.1, 0.15) is 10.4 Å². The molecule has 1 aromatic rings. The molecule has 2 aliphatic rings. The van der Waals surface area contributed by atoms with Gasteiger partial charge in [-0.2, -0.15) is 0 Å². The molecule has 1 aliphatic carbocycles. The van der Waals surface area contributed by atoms with Crippen molar-refractivity contribution in [2.24, 2.45) is 11.3 Å². The molecule has 6 heteroatoms. The highest BCUT2D eigenvalue weighted by atomic mass is 79.9. The molecule has 0 aromatic carbocycles. The number of halogens is 1. The van der Waals surface area contributed by atoms with Gasteiger partial charge in [-0.25, -0.2) is 4.98 Å². The van der Waals surface area contributed by atoms with Crippen molar-refractivity contribution in [3.8, 4) is 0 Å². The summed E-state index contributed by atoms with van der Waals surface area (Å²) in [7, 11) is 3.11. The number of carbonyl (C=O) groups excluding carboxylic acids is 1. The van der Waals surface area contributed by atoms with Crippen molar-refractivity contribution in [1.29, 1.82) is 0 Å². The predicted octanol–water partition coefficient (Wildman–Crippen LogP) is 1.86. The van der Waals surface area contributed by atoms with E-state index >= 15 is 0 Å². The normalized spacial score (nSPS) is 31.1. The fourth-order valence-corrected chi connectivity index (χ4v) is 3.74. The lowest BCUT2D eigenvalue weighted by molar-refractivity contribution is -0.148. The van der Waals surface area contributed by atoms with Gasteiger partial charge in [-0.15, -0.1) is 0 Å². The second-order valence-corrected chi connectivity index (χ2v) is 6.19. The summed E-state index contributed by atoms with van der Waals surface area (Å²) in [5.74, 6) is 1.09. The third-order valence-corrected chi connectivity index (χ3v) is 4.87. The highest BCUT2D eigenvalue weighted by Gasteiger charge is 2.71. The lowest BCUT2D eigenvalue weighted by Crippen LogP contribution is -2.44. The summed E-state index contributed by atoms with van der Waals surface area (Å²) in [6, 6.07) is 5.79. The first kappa shape index (κ1) is 13.8. The lowest BCUT2D eigenvalue weighted by atomic mass is 9.96. The Morgan fingerprint density at radius 1 is 1.55 bits per heavy atom. The van der Waals surface area contributed by atoms with E-state index in [2.05, 4.69) is 25.8 Å². The molecule has 0 radical (unpaired) electrons. The quantitative estimate of drug-likeness (QED) is 0.618. The van der Waals surface area contributed by atoms with Gasteiger partial charge in [-0.05, 0) is 40.4 Å². The third-order valence-electron chi connectivity index (χ3n) is 4.43. The van der Waals surface area contributed by atoms with Crippen molar-refractivity contribution >= 4 is 27.7 Å². The number of aromatic nitrogens is 1. The summed E-state index contributed by atoms with van der Waals surface area (Å²) in [4.78, 5) is 18.8. The fourth-order valence-electron chi connectivity index (χ4n) is 3.41. The number of methoxy groups -OCH3 is 2. The van der Waals surface area contributed by atoms with Crippen molar-refractivity contribution < 1.29 is 14.3 Å². The van der Waals surface area contributed by atoms with Crippen molar-refractivity contribution in [2.45, 2.75) is 12.5 Å². The summed E-state index contributed by atoms with van der Waals surface area (Å²) < 4.78 is 11.1. The zero-order valence-corrected chi connectivity index (χ0v) is 13.1. The van der Waals surface area contributed by atoms with Crippen LogP contribution in [0.3, 0.4) is 0 Å². The largest absolute Gasteiger partial charge is 0.469 e.